The molecule has 4 rings (SSSR count). The van der Waals surface area contributed by atoms with Gasteiger partial charge >= 0.3 is 0 Å². The largest absolute Gasteiger partial charge is 0.490 e. The van der Waals surface area contributed by atoms with Crippen LogP contribution in [0.25, 0.3) is 0 Å². The third kappa shape index (κ3) is 4.62. The lowest BCUT2D eigenvalue weighted by molar-refractivity contribution is -0.120. The predicted octanol–water partition coefficient (Wildman–Crippen LogP) is 3.14. The van der Waals surface area contributed by atoms with Gasteiger partial charge in [0.25, 0.3) is 0 Å². The van der Waals surface area contributed by atoms with Gasteiger partial charge < -0.3 is 19.7 Å². The Hall–Kier alpha value is -2.80. The van der Waals surface area contributed by atoms with Crippen LogP contribution in [0.1, 0.15) is 13.3 Å². The van der Waals surface area contributed by atoms with Crippen molar-refractivity contribution in [1.29, 1.82) is 0 Å². The van der Waals surface area contributed by atoms with E-state index in [-0.39, 0.29) is 17.8 Å². The number of piperazine rings is 1. The summed E-state index contributed by atoms with van der Waals surface area (Å²) >= 11 is 0. The molecule has 0 bridgehead atoms. The predicted molar refractivity (Wildman–Crippen MR) is 110 cm³/mol. The number of fused-ring (bicyclic) bond motifs is 1. The number of anilines is 2. The molecule has 2 aliphatic rings. The van der Waals surface area contributed by atoms with Gasteiger partial charge in [-0.05, 0) is 43.3 Å². The topological polar surface area (TPSA) is 54.0 Å². The smallest absolute Gasteiger partial charge is 0.241 e. The number of hydrogen-bond donors (Lipinski definition) is 1. The summed E-state index contributed by atoms with van der Waals surface area (Å²) in [4.78, 5) is 17.1. The lowest BCUT2D eigenvalue weighted by Gasteiger charge is -2.38. The first kappa shape index (κ1) is 19.5. The minimum atomic E-state index is -0.249. The maximum atomic E-state index is 13.1. The quantitative estimate of drug-likeness (QED) is 0.856. The third-order valence-electron chi connectivity index (χ3n) is 5.45. The van der Waals surface area contributed by atoms with Gasteiger partial charge in [-0.2, -0.15) is 0 Å². The van der Waals surface area contributed by atoms with Gasteiger partial charge in [-0.1, -0.05) is 0 Å². The highest BCUT2D eigenvalue weighted by atomic mass is 19.1. The van der Waals surface area contributed by atoms with Crippen molar-refractivity contribution >= 4 is 17.3 Å². The fourth-order valence-electron chi connectivity index (χ4n) is 3.67. The first-order chi connectivity index (χ1) is 14.1. The van der Waals surface area contributed by atoms with Crippen molar-refractivity contribution in [2.75, 3.05) is 49.6 Å². The Morgan fingerprint density at radius 1 is 1.00 bits per heavy atom. The summed E-state index contributed by atoms with van der Waals surface area (Å²) < 4.78 is 24.4. The van der Waals surface area contributed by atoms with E-state index < -0.39 is 0 Å². The third-order valence-corrected chi connectivity index (χ3v) is 5.45. The van der Waals surface area contributed by atoms with Crippen molar-refractivity contribution in [3.8, 4) is 11.5 Å². The van der Waals surface area contributed by atoms with Gasteiger partial charge in [-0.3, -0.25) is 9.69 Å². The molecule has 1 N–H and O–H groups in total. The van der Waals surface area contributed by atoms with Crippen LogP contribution in [0.15, 0.2) is 42.5 Å². The van der Waals surface area contributed by atoms with Gasteiger partial charge in [0.05, 0.1) is 19.3 Å². The van der Waals surface area contributed by atoms with E-state index in [4.69, 9.17) is 9.47 Å². The molecule has 0 aliphatic carbocycles. The number of ether oxygens (including phenoxy) is 2. The van der Waals surface area contributed by atoms with Crippen LogP contribution in [-0.2, 0) is 4.79 Å². The average molecular weight is 399 g/mol. The van der Waals surface area contributed by atoms with Crippen molar-refractivity contribution in [3.05, 3.63) is 48.3 Å². The molecule has 1 atom stereocenters. The molecule has 0 saturated carbocycles. The Morgan fingerprint density at radius 3 is 2.41 bits per heavy atom. The number of nitrogens with one attached hydrogen (secondary N) is 1. The van der Waals surface area contributed by atoms with Crippen molar-refractivity contribution in [3.63, 3.8) is 0 Å². The van der Waals surface area contributed by atoms with Gasteiger partial charge in [-0.15, -0.1) is 0 Å². The second-order valence-electron chi connectivity index (χ2n) is 7.38. The average Bonchev–Trinajstić information content (AvgIpc) is 2.99. The van der Waals surface area contributed by atoms with E-state index >= 15 is 0 Å². The molecule has 2 aromatic carbocycles. The maximum absolute atomic E-state index is 13.1. The van der Waals surface area contributed by atoms with Crippen LogP contribution in [0, 0.1) is 5.82 Å². The zero-order valence-electron chi connectivity index (χ0n) is 16.6. The fraction of sp³-hybridized carbons (Fsp3) is 0.409. The minimum absolute atomic E-state index is 0.0466. The fourth-order valence-corrected chi connectivity index (χ4v) is 3.67. The summed E-state index contributed by atoms with van der Waals surface area (Å²) in [6, 6.07) is 11.8. The van der Waals surface area contributed by atoms with Crippen LogP contribution in [0.3, 0.4) is 0 Å². The summed E-state index contributed by atoms with van der Waals surface area (Å²) in [6.45, 7) is 6.31. The lowest BCUT2D eigenvalue weighted by atomic mass is 10.2. The second-order valence-corrected chi connectivity index (χ2v) is 7.38. The van der Waals surface area contributed by atoms with Crippen molar-refractivity contribution in [2.24, 2.45) is 0 Å². The SMILES string of the molecule is CC(C(=O)Nc1ccc2c(c1)OCCCO2)N1CCN(c2ccc(F)cc2)CC1. The standard InChI is InChI=1S/C22H26FN3O3/c1-16(25-9-11-26(12-10-25)19-6-3-17(23)4-7-19)22(27)24-18-5-8-20-21(15-18)29-14-2-13-28-20/h3-8,15-16H,2,9-14H2,1H3,(H,24,27). The van der Waals surface area contributed by atoms with E-state index in [1.807, 2.05) is 25.1 Å². The van der Waals surface area contributed by atoms with Gasteiger partial charge in [0, 0.05) is 50.0 Å². The van der Waals surface area contributed by atoms with Crippen molar-refractivity contribution in [1.82, 2.24) is 4.90 Å². The van der Waals surface area contributed by atoms with Gasteiger partial charge in [0.1, 0.15) is 5.82 Å². The Balaban J connectivity index is 1.33. The molecule has 1 unspecified atom stereocenters. The van der Waals surface area contributed by atoms with Crippen LogP contribution >= 0.6 is 0 Å². The van der Waals surface area contributed by atoms with E-state index in [9.17, 15) is 9.18 Å². The normalized spacial score (nSPS) is 18.1. The van der Waals surface area contributed by atoms with Gasteiger partial charge in [0.15, 0.2) is 11.5 Å². The molecule has 1 saturated heterocycles. The number of rotatable bonds is 4. The highest BCUT2D eigenvalue weighted by molar-refractivity contribution is 5.94. The molecule has 1 fully saturated rings. The first-order valence-electron chi connectivity index (χ1n) is 10.1. The molecule has 0 spiro atoms. The number of benzene rings is 2. The van der Waals surface area contributed by atoms with E-state index in [0.29, 0.717) is 30.4 Å². The second kappa shape index (κ2) is 8.69. The summed E-state index contributed by atoms with van der Waals surface area (Å²) in [5, 5.41) is 2.99. The molecule has 6 nitrogen and oxygen atoms in total. The molecule has 154 valence electrons. The first-order valence-corrected chi connectivity index (χ1v) is 10.1. The molecule has 2 aliphatic heterocycles. The zero-order valence-corrected chi connectivity index (χ0v) is 16.6. The Morgan fingerprint density at radius 2 is 1.69 bits per heavy atom. The van der Waals surface area contributed by atoms with E-state index in [1.54, 1.807) is 12.1 Å². The number of nitrogens with zero attached hydrogens (tertiary/aromatic N) is 2. The lowest BCUT2D eigenvalue weighted by Crippen LogP contribution is -2.52. The summed E-state index contributed by atoms with van der Waals surface area (Å²) in [5.74, 6) is 1.11. The van der Waals surface area contributed by atoms with Crippen LogP contribution in [-0.4, -0.2) is 56.2 Å². The molecule has 0 radical (unpaired) electrons. The number of carbonyl (C=O) groups is 1. The molecule has 29 heavy (non-hydrogen) atoms. The number of amides is 1. The van der Waals surface area contributed by atoms with Crippen LogP contribution < -0.4 is 19.7 Å². The Labute approximate surface area is 170 Å². The summed E-state index contributed by atoms with van der Waals surface area (Å²) in [5.41, 5.74) is 1.71. The molecule has 2 aromatic rings. The zero-order chi connectivity index (χ0) is 20.2. The minimum Gasteiger partial charge on any atom is -0.490 e. The molecule has 7 heteroatoms. The molecular formula is C22H26FN3O3. The number of halogens is 1. The molecule has 2 heterocycles. The van der Waals surface area contributed by atoms with E-state index in [1.165, 1.54) is 12.1 Å². The van der Waals surface area contributed by atoms with Gasteiger partial charge in [0.2, 0.25) is 5.91 Å². The van der Waals surface area contributed by atoms with Crippen LogP contribution in [0.5, 0.6) is 11.5 Å². The molecular weight excluding hydrogens is 373 g/mol. The highest BCUT2D eigenvalue weighted by Crippen LogP contribution is 2.32. The Bertz CT molecular complexity index is 851. The van der Waals surface area contributed by atoms with Crippen LogP contribution in [0.2, 0.25) is 0 Å². The summed E-state index contributed by atoms with van der Waals surface area (Å²) in [7, 11) is 0. The van der Waals surface area contributed by atoms with E-state index in [0.717, 1.165) is 38.3 Å². The molecule has 0 aromatic heterocycles. The Kier molecular flexibility index (Phi) is 5.85. The van der Waals surface area contributed by atoms with Gasteiger partial charge in [-0.25, -0.2) is 4.39 Å². The molecule has 1 amide bonds. The maximum Gasteiger partial charge on any atom is 0.241 e. The van der Waals surface area contributed by atoms with Crippen molar-refractivity contribution in [2.45, 2.75) is 19.4 Å². The number of carbonyl (C=O) groups excluding carboxylic acids is 1. The highest BCUT2D eigenvalue weighted by Gasteiger charge is 2.26. The van der Waals surface area contributed by atoms with Crippen LogP contribution in [0.4, 0.5) is 15.8 Å². The summed E-state index contributed by atoms with van der Waals surface area (Å²) in [6.07, 6.45) is 0.845. The van der Waals surface area contributed by atoms with Crippen molar-refractivity contribution < 1.29 is 18.7 Å². The monoisotopic (exact) mass is 399 g/mol. The van der Waals surface area contributed by atoms with E-state index in [2.05, 4.69) is 15.1 Å². The number of hydrogen-bond acceptors (Lipinski definition) is 5.